The quantitative estimate of drug-likeness (QED) is 0.491. The number of likely N-dealkylation sites (N-methyl/N-ethyl adjacent to an activating group) is 1. The predicted molar refractivity (Wildman–Crippen MR) is 157 cm³/mol. The molecule has 6 rings (SSSR count). The smallest absolute Gasteiger partial charge is 0.246 e. The van der Waals surface area contributed by atoms with Crippen molar-refractivity contribution in [2.24, 2.45) is 5.92 Å². The van der Waals surface area contributed by atoms with Gasteiger partial charge in [0, 0.05) is 38.0 Å². The zero-order valence-corrected chi connectivity index (χ0v) is 24.8. The summed E-state index contributed by atoms with van der Waals surface area (Å²) in [6, 6.07) is 10.2. The van der Waals surface area contributed by atoms with Gasteiger partial charge in [-0.25, -0.2) is 0 Å². The molecule has 42 heavy (non-hydrogen) atoms. The Kier molecular flexibility index (Phi) is 8.51. The molecule has 1 saturated carbocycles. The highest BCUT2D eigenvalue weighted by Gasteiger charge is 2.57. The van der Waals surface area contributed by atoms with Gasteiger partial charge < -0.3 is 19.3 Å². The number of benzene rings is 1. The Labute approximate surface area is 249 Å². The van der Waals surface area contributed by atoms with Crippen LogP contribution in [0.5, 0.6) is 0 Å². The van der Waals surface area contributed by atoms with E-state index in [4.69, 9.17) is 9.47 Å². The van der Waals surface area contributed by atoms with Crippen molar-refractivity contribution < 1.29 is 19.1 Å². The molecular formula is C32H44N6O4. The first kappa shape index (κ1) is 29.4. The van der Waals surface area contributed by atoms with E-state index in [2.05, 4.69) is 52.3 Å². The van der Waals surface area contributed by atoms with Gasteiger partial charge in [0.1, 0.15) is 5.60 Å². The summed E-state index contributed by atoms with van der Waals surface area (Å²) >= 11 is 0. The van der Waals surface area contributed by atoms with Gasteiger partial charge in [0.2, 0.25) is 5.91 Å². The minimum absolute atomic E-state index is 0.00222. The Hall–Kier alpha value is -2.65. The number of nitrogens with zero attached hydrogens (tertiary/aromatic N) is 4. The minimum Gasteiger partial charge on any atom is -0.359 e. The standard InChI is InChI=1S/C32H44N6O4/c1-4-27(39)38-17-16-37(19-23(38)12-14-33)30-26-11-13-32(18-22-8-5-6-10-25(22)21(2)42-32)29(40)28(26)34-31(35-30)41-20-24-9-7-15-36(24)3/h4-6,8,10,21,23-24,26,28,30-31,34-35H,1,7,9,11-13,15-20H2,2-3H3/t21?,23?,24?,26?,28?,30?,31?,32-/m0/s1. The summed E-state index contributed by atoms with van der Waals surface area (Å²) in [7, 11) is 2.13. The molecule has 0 aromatic heterocycles. The van der Waals surface area contributed by atoms with E-state index in [1.165, 1.54) is 11.6 Å². The second kappa shape index (κ2) is 12.2. The van der Waals surface area contributed by atoms with Gasteiger partial charge in [0.25, 0.3) is 0 Å². The Morgan fingerprint density at radius 1 is 1.24 bits per heavy atom. The van der Waals surface area contributed by atoms with Gasteiger partial charge in [-0.05, 0) is 63.4 Å². The van der Waals surface area contributed by atoms with E-state index in [1.807, 2.05) is 19.1 Å². The van der Waals surface area contributed by atoms with Crippen molar-refractivity contribution in [3.8, 4) is 6.07 Å². The van der Waals surface area contributed by atoms with E-state index in [0.717, 1.165) is 31.4 Å². The number of rotatable bonds is 6. The third kappa shape index (κ3) is 5.43. The lowest BCUT2D eigenvalue weighted by Gasteiger charge is -2.55. The van der Waals surface area contributed by atoms with Gasteiger partial charge in [0.15, 0.2) is 12.1 Å². The molecule has 4 heterocycles. The first-order valence-electron chi connectivity index (χ1n) is 15.5. The van der Waals surface area contributed by atoms with Crippen LogP contribution >= 0.6 is 0 Å². The van der Waals surface area contributed by atoms with Crippen molar-refractivity contribution in [3.05, 3.63) is 48.0 Å². The van der Waals surface area contributed by atoms with Gasteiger partial charge in [-0.2, -0.15) is 5.26 Å². The van der Waals surface area contributed by atoms with Gasteiger partial charge in [-0.3, -0.25) is 25.1 Å². The zero-order chi connectivity index (χ0) is 29.4. The second-order valence-corrected chi connectivity index (χ2v) is 12.7. The number of carbonyl (C=O) groups excluding carboxylic acids is 2. The fraction of sp³-hybridized carbons (Fsp3) is 0.656. The maximum Gasteiger partial charge on any atom is 0.246 e. The van der Waals surface area contributed by atoms with Crippen LogP contribution in [0.1, 0.15) is 56.3 Å². The first-order chi connectivity index (χ1) is 20.3. The molecule has 7 unspecified atom stereocenters. The molecule has 0 radical (unpaired) electrons. The normalized spacial score (nSPS) is 37.2. The van der Waals surface area contributed by atoms with Crippen LogP contribution in [0.3, 0.4) is 0 Å². The van der Waals surface area contributed by atoms with Crippen molar-refractivity contribution in [1.29, 1.82) is 5.26 Å². The summed E-state index contributed by atoms with van der Waals surface area (Å²) in [5, 5.41) is 16.8. The van der Waals surface area contributed by atoms with E-state index in [-0.39, 0.29) is 42.3 Å². The van der Waals surface area contributed by atoms with Crippen molar-refractivity contribution >= 4 is 11.7 Å². The van der Waals surface area contributed by atoms with Crippen LogP contribution in [-0.2, 0) is 25.5 Å². The Balaban J connectivity index is 1.25. The van der Waals surface area contributed by atoms with E-state index < -0.39 is 18.0 Å². The van der Waals surface area contributed by atoms with Gasteiger partial charge in [0.05, 0.1) is 43.5 Å². The van der Waals surface area contributed by atoms with Crippen molar-refractivity contribution in [1.82, 2.24) is 25.3 Å². The molecular weight excluding hydrogens is 532 g/mol. The molecule has 8 atom stereocenters. The molecule has 226 valence electrons. The second-order valence-electron chi connectivity index (χ2n) is 12.7. The Morgan fingerprint density at radius 2 is 2.07 bits per heavy atom. The number of ketones is 1. The average molecular weight is 577 g/mol. The van der Waals surface area contributed by atoms with Crippen molar-refractivity contribution in [2.75, 3.05) is 39.8 Å². The van der Waals surface area contributed by atoms with Crippen LogP contribution in [0.2, 0.25) is 0 Å². The van der Waals surface area contributed by atoms with Gasteiger partial charge in [-0.1, -0.05) is 30.8 Å². The summed E-state index contributed by atoms with van der Waals surface area (Å²) in [5.41, 5.74) is 1.48. The maximum atomic E-state index is 14.5. The van der Waals surface area contributed by atoms with Crippen LogP contribution < -0.4 is 10.6 Å². The molecule has 0 bridgehead atoms. The third-order valence-electron chi connectivity index (χ3n) is 10.3. The number of ether oxygens (including phenoxy) is 2. The maximum absolute atomic E-state index is 14.5. The first-order valence-corrected chi connectivity index (χ1v) is 15.5. The van der Waals surface area contributed by atoms with E-state index in [1.54, 1.807) is 4.90 Å². The van der Waals surface area contributed by atoms with E-state index >= 15 is 0 Å². The fourth-order valence-electron chi connectivity index (χ4n) is 8.02. The number of Topliss-reactive ketones (excluding diaryl/α,β-unsaturated/α-hetero) is 1. The molecule has 4 aliphatic heterocycles. The SMILES string of the molecule is C=CC(=O)N1CCN(C2NC(OCC3CCCN3C)NC3C(=O)[C@]4(CCC32)Cc2ccccc2C(C)O4)CC1CC#N. The molecule has 1 spiro atoms. The lowest BCUT2D eigenvalue weighted by atomic mass is 9.68. The van der Waals surface area contributed by atoms with Gasteiger partial charge >= 0.3 is 0 Å². The number of hydrogen-bond donors (Lipinski definition) is 2. The van der Waals surface area contributed by atoms with Gasteiger partial charge in [-0.15, -0.1) is 0 Å². The summed E-state index contributed by atoms with van der Waals surface area (Å²) in [4.78, 5) is 33.5. The number of fused-ring (bicyclic) bond motifs is 2. The molecule has 1 aromatic rings. The van der Waals surface area contributed by atoms with Crippen molar-refractivity contribution in [3.63, 3.8) is 0 Å². The molecule has 5 aliphatic rings. The summed E-state index contributed by atoms with van der Waals surface area (Å²) < 4.78 is 13.1. The number of hydrogen-bond acceptors (Lipinski definition) is 9. The largest absolute Gasteiger partial charge is 0.359 e. The van der Waals surface area contributed by atoms with E-state index in [0.29, 0.717) is 45.1 Å². The molecule has 10 heteroatoms. The number of nitriles is 1. The molecule has 3 saturated heterocycles. The van der Waals surface area contributed by atoms with Crippen LogP contribution in [0.15, 0.2) is 36.9 Å². The summed E-state index contributed by atoms with van der Waals surface area (Å²) in [6.07, 6.45) is 5.08. The number of likely N-dealkylation sites (tertiary alicyclic amines) is 1. The molecule has 1 aromatic carbocycles. The monoisotopic (exact) mass is 576 g/mol. The van der Waals surface area contributed by atoms with Crippen LogP contribution in [0.4, 0.5) is 0 Å². The van der Waals surface area contributed by atoms with E-state index in [9.17, 15) is 14.9 Å². The highest BCUT2D eigenvalue weighted by molar-refractivity contribution is 5.94. The molecule has 10 nitrogen and oxygen atoms in total. The highest BCUT2D eigenvalue weighted by atomic mass is 16.5. The average Bonchev–Trinajstić information content (AvgIpc) is 3.42. The molecule has 4 fully saturated rings. The Morgan fingerprint density at radius 3 is 2.83 bits per heavy atom. The molecule has 1 aliphatic carbocycles. The number of carbonyl (C=O) groups is 2. The summed E-state index contributed by atoms with van der Waals surface area (Å²) in [5.74, 6) is -0.0450. The molecule has 2 N–H and O–H groups in total. The predicted octanol–water partition coefficient (Wildman–Crippen LogP) is 1.93. The van der Waals surface area contributed by atoms with Crippen molar-refractivity contribution in [2.45, 2.75) is 87.8 Å². The van der Waals surface area contributed by atoms with Crippen LogP contribution in [0, 0.1) is 17.2 Å². The fourth-order valence-corrected chi connectivity index (χ4v) is 8.02. The highest BCUT2D eigenvalue weighted by Crippen LogP contribution is 2.45. The number of nitrogens with one attached hydrogen (secondary N) is 2. The third-order valence-corrected chi connectivity index (χ3v) is 10.3. The lowest BCUT2D eigenvalue weighted by molar-refractivity contribution is -0.180. The topological polar surface area (TPSA) is 110 Å². The lowest BCUT2D eigenvalue weighted by Crippen LogP contribution is -2.76. The van der Waals surface area contributed by atoms with Crippen LogP contribution in [-0.4, -0.2) is 102 Å². The summed E-state index contributed by atoms with van der Waals surface area (Å²) in [6.45, 7) is 9.03. The number of piperazine rings is 1. The zero-order valence-electron chi connectivity index (χ0n) is 24.8. The molecule has 1 amide bonds. The Bertz CT molecular complexity index is 1240. The minimum atomic E-state index is -0.863. The van der Waals surface area contributed by atoms with Crippen LogP contribution in [0.25, 0.3) is 0 Å². The number of amides is 1.